The number of nitrogens with zero attached hydrogens (tertiary/aromatic N) is 3. The van der Waals surface area contributed by atoms with E-state index in [0.717, 1.165) is 16.0 Å². The van der Waals surface area contributed by atoms with Gasteiger partial charge in [-0.15, -0.1) is 11.3 Å². The predicted molar refractivity (Wildman–Crippen MR) is 73.2 cm³/mol. The molecule has 1 amide bonds. The molecule has 110 valence electrons. The van der Waals surface area contributed by atoms with Crippen molar-refractivity contribution < 1.29 is 19.2 Å². The minimum Gasteiger partial charge on any atom is -0.465 e. The minimum absolute atomic E-state index is 0.204. The molecule has 2 rings (SSSR count). The molecule has 2 heterocycles. The number of nitro groups is 1. The van der Waals surface area contributed by atoms with E-state index < -0.39 is 16.8 Å². The molecule has 0 unspecified atom stereocenters. The monoisotopic (exact) mass is 310 g/mol. The fourth-order valence-corrected chi connectivity index (χ4v) is 2.30. The number of carbonyl (C=O) groups is 2. The maximum Gasteiger partial charge on any atom is 0.389 e. The predicted octanol–water partition coefficient (Wildman–Crippen LogP) is 1.28. The maximum atomic E-state index is 11.8. The lowest BCUT2D eigenvalue weighted by atomic mass is 10.3. The van der Waals surface area contributed by atoms with Crippen LogP contribution in [0.25, 0.3) is 0 Å². The highest BCUT2D eigenvalue weighted by Gasteiger charge is 2.17. The topological polar surface area (TPSA) is 116 Å². The first-order valence-corrected chi connectivity index (χ1v) is 6.52. The van der Waals surface area contributed by atoms with Gasteiger partial charge in [0.05, 0.1) is 30.2 Å². The summed E-state index contributed by atoms with van der Waals surface area (Å²) in [4.78, 5) is 33.4. The molecular weight excluding hydrogens is 300 g/mol. The summed E-state index contributed by atoms with van der Waals surface area (Å²) in [7, 11) is 1.25. The second kappa shape index (κ2) is 6.13. The van der Waals surface area contributed by atoms with Crippen LogP contribution in [0.2, 0.25) is 0 Å². The Morgan fingerprint density at radius 2 is 2.29 bits per heavy atom. The quantitative estimate of drug-likeness (QED) is 0.505. The summed E-state index contributed by atoms with van der Waals surface area (Å²) in [5.74, 6) is -1.35. The van der Waals surface area contributed by atoms with E-state index in [1.165, 1.54) is 19.4 Å². The molecule has 0 fully saturated rings. The summed E-state index contributed by atoms with van der Waals surface area (Å²) < 4.78 is 5.73. The maximum absolute atomic E-state index is 11.8. The van der Waals surface area contributed by atoms with Crippen LogP contribution in [0.1, 0.15) is 9.67 Å². The van der Waals surface area contributed by atoms with Gasteiger partial charge in [-0.25, -0.2) is 4.79 Å². The van der Waals surface area contributed by atoms with Crippen LogP contribution in [-0.4, -0.2) is 33.7 Å². The van der Waals surface area contributed by atoms with Gasteiger partial charge in [-0.3, -0.25) is 4.79 Å². The molecule has 0 radical (unpaired) electrons. The van der Waals surface area contributed by atoms with Crippen molar-refractivity contribution in [2.24, 2.45) is 0 Å². The van der Waals surface area contributed by atoms with Crippen molar-refractivity contribution in [1.29, 1.82) is 0 Å². The van der Waals surface area contributed by atoms with E-state index in [-0.39, 0.29) is 17.2 Å². The molecule has 0 saturated carbocycles. The van der Waals surface area contributed by atoms with E-state index in [1.807, 2.05) is 0 Å². The van der Waals surface area contributed by atoms with Crippen LogP contribution in [0.4, 0.5) is 11.5 Å². The Hall–Kier alpha value is -2.75. The third kappa shape index (κ3) is 3.42. The van der Waals surface area contributed by atoms with Crippen LogP contribution in [-0.2, 0) is 16.1 Å². The fraction of sp³-hybridized carbons (Fsp3) is 0.182. The van der Waals surface area contributed by atoms with Gasteiger partial charge in [-0.2, -0.15) is 4.68 Å². The SMILES string of the molecule is COC(=O)c1sccc1NC(=O)Cn1ccc([N+](=O)[O-])n1. The lowest BCUT2D eigenvalue weighted by Crippen LogP contribution is -2.20. The number of esters is 1. The van der Waals surface area contributed by atoms with Gasteiger partial charge >= 0.3 is 11.8 Å². The van der Waals surface area contributed by atoms with Crippen molar-refractivity contribution in [3.8, 4) is 0 Å². The highest BCUT2D eigenvalue weighted by molar-refractivity contribution is 7.12. The standard InChI is InChI=1S/C11H10N4O5S/c1-20-11(17)10-7(3-5-21-10)12-9(16)6-14-4-2-8(13-14)15(18)19/h2-5H,6H2,1H3,(H,12,16). The van der Waals surface area contributed by atoms with Gasteiger partial charge in [0.25, 0.3) is 0 Å². The van der Waals surface area contributed by atoms with Crippen molar-refractivity contribution in [3.63, 3.8) is 0 Å². The van der Waals surface area contributed by atoms with Gasteiger partial charge in [0.15, 0.2) is 0 Å². The third-order valence-corrected chi connectivity index (χ3v) is 3.32. The Kier molecular flexibility index (Phi) is 4.28. The summed E-state index contributed by atoms with van der Waals surface area (Å²) >= 11 is 1.14. The van der Waals surface area contributed by atoms with E-state index in [2.05, 4.69) is 15.2 Å². The lowest BCUT2D eigenvalue weighted by Gasteiger charge is -2.04. The first kappa shape index (κ1) is 14.7. The van der Waals surface area contributed by atoms with Crippen molar-refractivity contribution in [3.05, 3.63) is 38.7 Å². The number of carbonyl (C=O) groups excluding carboxylic acids is 2. The molecule has 10 heteroatoms. The van der Waals surface area contributed by atoms with E-state index in [0.29, 0.717) is 5.69 Å². The number of hydrogen-bond acceptors (Lipinski definition) is 7. The Balaban J connectivity index is 2.03. The molecule has 0 aliphatic carbocycles. The summed E-state index contributed by atoms with van der Waals surface area (Å²) in [5, 5.41) is 18.3. The molecule has 2 aromatic rings. The van der Waals surface area contributed by atoms with Crippen LogP contribution in [0, 0.1) is 10.1 Å². The number of rotatable bonds is 5. The lowest BCUT2D eigenvalue weighted by molar-refractivity contribution is -0.389. The number of ether oxygens (including phenoxy) is 1. The number of nitrogens with one attached hydrogen (secondary N) is 1. The second-order valence-electron chi connectivity index (χ2n) is 3.83. The summed E-state index contributed by atoms with van der Waals surface area (Å²) in [6.07, 6.45) is 1.33. The normalized spacial score (nSPS) is 10.1. The van der Waals surface area contributed by atoms with Crippen LogP contribution in [0.5, 0.6) is 0 Å². The molecule has 21 heavy (non-hydrogen) atoms. The zero-order valence-corrected chi connectivity index (χ0v) is 11.6. The number of thiophene rings is 1. The number of anilines is 1. The van der Waals surface area contributed by atoms with Crippen molar-refractivity contribution in [2.45, 2.75) is 6.54 Å². The molecule has 9 nitrogen and oxygen atoms in total. The zero-order valence-electron chi connectivity index (χ0n) is 10.8. The number of aromatic nitrogens is 2. The Morgan fingerprint density at radius 3 is 2.90 bits per heavy atom. The zero-order chi connectivity index (χ0) is 15.4. The molecule has 0 aromatic carbocycles. The van der Waals surface area contributed by atoms with Gasteiger partial charge in [0.2, 0.25) is 5.91 Å². The largest absolute Gasteiger partial charge is 0.465 e. The molecule has 1 N–H and O–H groups in total. The van der Waals surface area contributed by atoms with Crippen LogP contribution >= 0.6 is 11.3 Å². The Bertz CT molecular complexity index is 692. The summed E-state index contributed by atoms with van der Waals surface area (Å²) in [6, 6.07) is 2.76. The third-order valence-electron chi connectivity index (χ3n) is 2.43. The molecule has 0 bridgehead atoms. The average Bonchev–Trinajstić information content (AvgIpc) is 3.07. The van der Waals surface area contributed by atoms with E-state index >= 15 is 0 Å². The molecule has 0 aliphatic heterocycles. The fourth-order valence-electron chi connectivity index (χ4n) is 1.53. The molecule has 0 atom stereocenters. The summed E-state index contributed by atoms with van der Waals surface area (Å²) in [5.41, 5.74) is 0.332. The van der Waals surface area contributed by atoms with E-state index in [1.54, 1.807) is 11.4 Å². The van der Waals surface area contributed by atoms with Gasteiger partial charge in [0.1, 0.15) is 11.4 Å². The average molecular weight is 310 g/mol. The van der Waals surface area contributed by atoms with Crippen LogP contribution in [0.3, 0.4) is 0 Å². The molecule has 2 aromatic heterocycles. The van der Waals surface area contributed by atoms with Crippen molar-refractivity contribution >= 4 is 34.7 Å². The number of hydrogen-bond donors (Lipinski definition) is 1. The Morgan fingerprint density at radius 1 is 1.52 bits per heavy atom. The van der Waals surface area contributed by atoms with Gasteiger partial charge in [-0.1, -0.05) is 0 Å². The molecular formula is C11H10N4O5S. The van der Waals surface area contributed by atoms with Crippen molar-refractivity contribution in [2.75, 3.05) is 12.4 Å². The van der Waals surface area contributed by atoms with Crippen molar-refractivity contribution in [1.82, 2.24) is 9.78 Å². The first-order chi connectivity index (χ1) is 10.0. The smallest absolute Gasteiger partial charge is 0.389 e. The molecule has 0 spiro atoms. The number of amides is 1. The van der Waals surface area contributed by atoms with Crippen LogP contribution in [0.15, 0.2) is 23.7 Å². The van der Waals surface area contributed by atoms with E-state index in [4.69, 9.17) is 0 Å². The van der Waals surface area contributed by atoms with Crippen LogP contribution < -0.4 is 5.32 Å². The minimum atomic E-state index is -0.650. The first-order valence-electron chi connectivity index (χ1n) is 5.64. The van der Waals surface area contributed by atoms with Gasteiger partial charge in [-0.05, 0) is 16.4 Å². The highest BCUT2D eigenvalue weighted by atomic mass is 32.1. The van der Waals surface area contributed by atoms with Gasteiger partial charge < -0.3 is 20.2 Å². The number of methoxy groups -OCH3 is 1. The second-order valence-corrected chi connectivity index (χ2v) is 4.75. The molecule has 0 saturated heterocycles. The Labute approximate surface area is 122 Å². The van der Waals surface area contributed by atoms with Gasteiger partial charge in [0, 0.05) is 0 Å². The summed E-state index contributed by atoms with van der Waals surface area (Å²) in [6.45, 7) is -0.204. The highest BCUT2D eigenvalue weighted by Crippen LogP contribution is 2.23. The molecule has 0 aliphatic rings. The van der Waals surface area contributed by atoms with E-state index in [9.17, 15) is 19.7 Å².